The van der Waals surface area contributed by atoms with E-state index in [1.54, 1.807) is 11.8 Å². The van der Waals surface area contributed by atoms with Crippen LogP contribution in [0.15, 0.2) is 5.16 Å². The first-order valence-electron chi connectivity index (χ1n) is 6.05. The molecular formula is C11H20N4OS. The molecule has 0 unspecified atom stereocenters. The predicted molar refractivity (Wildman–Crippen MR) is 70.8 cm³/mol. The van der Waals surface area contributed by atoms with Gasteiger partial charge < -0.3 is 10.1 Å². The summed E-state index contributed by atoms with van der Waals surface area (Å²) in [6, 6.07) is 0.403. The van der Waals surface area contributed by atoms with Gasteiger partial charge in [-0.2, -0.15) is 15.0 Å². The molecule has 6 heteroatoms. The molecule has 0 spiro atoms. The highest BCUT2D eigenvalue weighted by molar-refractivity contribution is 7.99. The number of aromatic nitrogens is 3. The van der Waals surface area contributed by atoms with E-state index in [1.165, 1.54) is 0 Å². The largest absolute Gasteiger partial charge is 0.464 e. The van der Waals surface area contributed by atoms with Gasteiger partial charge in [-0.1, -0.05) is 25.6 Å². The van der Waals surface area contributed by atoms with Crippen LogP contribution in [0, 0.1) is 0 Å². The molecule has 0 fully saturated rings. The van der Waals surface area contributed by atoms with Crippen LogP contribution in [0.1, 0.15) is 33.6 Å². The van der Waals surface area contributed by atoms with Gasteiger partial charge in [0.1, 0.15) is 0 Å². The minimum absolute atomic E-state index is 0.403. The van der Waals surface area contributed by atoms with Crippen molar-refractivity contribution in [3.63, 3.8) is 0 Å². The van der Waals surface area contributed by atoms with E-state index in [2.05, 4.69) is 34.1 Å². The molecule has 0 saturated carbocycles. The molecule has 1 heterocycles. The summed E-state index contributed by atoms with van der Waals surface area (Å²) < 4.78 is 5.33. The van der Waals surface area contributed by atoms with E-state index in [0.717, 1.165) is 30.3 Å². The molecule has 0 aromatic carbocycles. The fourth-order valence-electron chi connectivity index (χ4n) is 1.11. The molecule has 1 rings (SSSR count). The van der Waals surface area contributed by atoms with Gasteiger partial charge in [-0.3, -0.25) is 0 Å². The molecule has 0 aliphatic rings. The van der Waals surface area contributed by atoms with Gasteiger partial charge in [0.15, 0.2) is 5.16 Å². The Morgan fingerprint density at radius 3 is 2.59 bits per heavy atom. The maximum absolute atomic E-state index is 5.33. The first-order chi connectivity index (χ1) is 8.30. The van der Waals surface area contributed by atoms with E-state index in [4.69, 9.17) is 4.74 Å². The van der Waals surface area contributed by atoms with Crippen molar-refractivity contribution < 1.29 is 4.74 Å². The summed E-state index contributed by atoms with van der Waals surface area (Å²) >= 11 is 1.63. The van der Waals surface area contributed by atoms with Gasteiger partial charge >= 0.3 is 6.01 Å². The predicted octanol–water partition coefficient (Wildman–Crippen LogP) is 2.59. The lowest BCUT2D eigenvalue weighted by Crippen LogP contribution is -2.08. The summed E-state index contributed by atoms with van der Waals surface area (Å²) in [6.45, 7) is 7.57. The highest BCUT2D eigenvalue weighted by atomic mass is 32.2. The SMILES string of the molecule is CCCNc1nc(OCC)nc(SCCC)n1. The topological polar surface area (TPSA) is 59.9 Å². The van der Waals surface area contributed by atoms with Crippen LogP contribution in [0.3, 0.4) is 0 Å². The average Bonchev–Trinajstić information content (AvgIpc) is 2.34. The number of rotatable bonds is 8. The normalized spacial score (nSPS) is 10.3. The van der Waals surface area contributed by atoms with E-state index < -0.39 is 0 Å². The highest BCUT2D eigenvalue weighted by Gasteiger charge is 2.06. The van der Waals surface area contributed by atoms with Crippen molar-refractivity contribution in [2.24, 2.45) is 0 Å². The zero-order chi connectivity index (χ0) is 12.5. The monoisotopic (exact) mass is 256 g/mol. The molecule has 1 aromatic rings. The molecule has 1 N–H and O–H groups in total. The van der Waals surface area contributed by atoms with Crippen LogP contribution in [0.2, 0.25) is 0 Å². The van der Waals surface area contributed by atoms with Gasteiger partial charge in [0, 0.05) is 12.3 Å². The lowest BCUT2D eigenvalue weighted by atomic mass is 10.5. The maximum Gasteiger partial charge on any atom is 0.322 e. The number of thioether (sulfide) groups is 1. The Morgan fingerprint density at radius 2 is 1.94 bits per heavy atom. The fraction of sp³-hybridized carbons (Fsp3) is 0.727. The van der Waals surface area contributed by atoms with Crippen LogP contribution < -0.4 is 10.1 Å². The number of anilines is 1. The van der Waals surface area contributed by atoms with Crippen molar-refractivity contribution in [2.45, 2.75) is 38.8 Å². The lowest BCUT2D eigenvalue weighted by molar-refractivity contribution is 0.308. The van der Waals surface area contributed by atoms with Crippen molar-refractivity contribution in [3.05, 3.63) is 0 Å². The van der Waals surface area contributed by atoms with Crippen LogP contribution in [0.4, 0.5) is 5.95 Å². The first-order valence-corrected chi connectivity index (χ1v) is 7.04. The van der Waals surface area contributed by atoms with Crippen LogP contribution in [-0.2, 0) is 0 Å². The maximum atomic E-state index is 5.33. The molecule has 0 radical (unpaired) electrons. The Labute approximate surface area is 107 Å². The molecule has 17 heavy (non-hydrogen) atoms. The third-order valence-corrected chi connectivity index (χ3v) is 2.89. The van der Waals surface area contributed by atoms with Crippen LogP contribution >= 0.6 is 11.8 Å². The molecular weight excluding hydrogens is 236 g/mol. The second kappa shape index (κ2) is 8.11. The molecule has 0 aliphatic carbocycles. The fourth-order valence-corrected chi connectivity index (χ4v) is 1.79. The third kappa shape index (κ3) is 5.21. The average molecular weight is 256 g/mol. The summed E-state index contributed by atoms with van der Waals surface area (Å²) in [5.74, 6) is 1.60. The van der Waals surface area contributed by atoms with Crippen molar-refractivity contribution in [2.75, 3.05) is 24.2 Å². The van der Waals surface area contributed by atoms with Gasteiger partial charge in [0.25, 0.3) is 0 Å². The number of nitrogens with zero attached hydrogens (tertiary/aromatic N) is 3. The number of ether oxygens (including phenoxy) is 1. The summed E-state index contributed by atoms with van der Waals surface area (Å²) in [7, 11) is 0. The number of hydrogen-bond donors (Lipinski definition) is 1. The van der Waals surface area contributed by atoms with Crippen molar-refractivity contribution in [1.82, 2.24) is 15.0 Å². The Morgan fingerprint density at radius 1 is 1.12 bits per heavy atom. The molecule has 5 nitrogen and oxygen atoms in total. The Bertz CT molecular complexity index is 309. The lowest BCUT2D eigenvalue weighted by Gasteiger charge is -2.07. The van der Waals surface area contributed by atoms with Crippen LogP contribution in [-0.4, -0.2) is 33.9 Å². The molecule has 0 bridgehead atoms. The summed E-state index contributed by atoms with van der Waals surface area (Å²) in [5.41, 5.74) is 0. The summed E-state index contributed by atoms with van der Waals surface area (Å²) in [5, 5.41) is 3.88. The standard InChI is InChI=1S/C11H20N4OS/c1-4-7-12-9-13-10(16-6-3)15-11(14-9)17-8-5-2/h4-8H2,1-3H3,(H,12,13,14,15). The van der Waals surface area contributed by atoms with Gasteiger partial charge in [0.05, 0.1) is 6.61 Å². The van der Waals surface area contributed by atoms with Gasteiger partial charge in [-0.25, -0.2) is 0 Å². The van der Waals surface area contributed by atoms with E-state index in [-0.39, 0.29) is 0 Å². The van der Waals surface area contributed by atoms with Gasteiger partial charge in [-0.15, -0.1) is 0 Å². The van der Waals surface area contributed by atoms with Crippen LogP contribution in [0.25, 0.3) is 0 Å². The zero-order valence-corrected chi connectivity index (χ0v) is 11.5. The molecule has 96 valence electrons. The molecule has 0 aliphatic heterocycles. The molecule has 0 saturated heterocycles. The minimum atomic E-state index is 0.403. The second-order valence-corrected chi connectivity index (χ2v) is 4.49. The smallest absolute Gasteiger partial charge is 0.322 e. The molecule has 0 amide bonds. The molecule has 0 atom stereocenters. The quantitative estimate of drug-likeness (QED) is 0.721. The van der Waals surface area contributed by atoms with Gasteiger partial charge in [0.2, 0.25) is 5.95 Å². The Kier molecular flexibility index (Phi) is 6.69. The number of nitrogens with one attached hydrogen (secondary N) is 1. The van der Waals surface area contributed by atoms with Crippen LogP contribution in [0.5, 0.6) is 6.01 Å². The second-order valence-electron chi connectivity index (χ2n) is 3.43. The summed E-state index contributed by atoms with van der Waals surface area (Å²) in [6.07, 6.45) is 2.13. The third-order valence-electron chi connectivity index (χ3n) is 1.84. The zero-order valence-electron chi connectivity index (χ0n) is 10.7. The minimum Gasteiger partial charge on any atom is -0.464 e. The van der Waals surface area contributed by atoms with Crippen molar-refractivity contribution >= 4 is 17.7 Å². The van der Waals surface area contributed by atoms with Crippen molar-refractivity contribution in [3.8, 4) is 6.01 Å². The first kappa shape index (κ1) is 14.0. The highest BCUT2D eigenvalue weighted by Crippen LogP contribution is 2.18. The Hall–Kier alpha value is -1.04. The Balaban J connectivity index is 2.76. The van der Waals surface area contributed by atoms with Gasteiger partial charge in [-0.05, 0) is 19.8 Å². The van der Waals surface area contributed by atoms with E-state index in [9.17, 15) is 0 Å². The molecule has 1 aromatic heterocycles. The van der Waals surface area contributed by atoms with E-state index in [1.807, 2.05) is 6.92 Å². The van der Waals surface area contributed by atoms with E-state index >= 15 is 0 Å². The van der Waals surface area contributed by atoms with Crippen molar-refractivity contribution in [1.29, 1.82) is 0 Å². The van der Waals surface area contributed by atoms with E-state index in [0.29, 0.717) is 18.6 Å². The summed E-state index contributed by atoms with van der Waals surface area (Å²) in [4.78, 5) is 12.8. The number of hydrogen-bond acceptors (Lipinski definition) is 6.